The van der Waals surface area contributed by atoms with Gasteiger partial charge in [-0.3, -0.25) is 24.2 Å². The topological polar surface area (TPSA) is 282 Å². The summed E-state index contributed by atoms with van der Waals surface area (Å²) in [6.45, 7) is 17.4. The van der Waals surface area contributed by atoms with Crippen LogP contribution in [0.2, 0.25) is 0 Å². The monoisotopic (exact) mass is 1250 g/mol. The van der Waals surface area contributed by atoms with E-state index in [0.29, 0.717) is 103 Å². The third-order valence-electron chi connectivity index (χ3n) is 15.1. The minimum absolute atomic E-state index is 0.00747. The van der Waals surface area contributed by atoms with Gasteiger partial charge in [-0.2, -0.15) is 10.4 Å². The third-order valence-corrected chi connectivity index (χ3v) is 17.1. The lowest BCUT2D eigenvalue weighted by molar-refractivity contribution is -0.145. The predicted octanol–water partition coefficient (Wildman–Crippen LogP) is 5.85. The van der Waals surface area contributed by atoms with Crippen molar-refractivity contribution in [1.29, 1.82) is 5.26 Å². The Morgan fingerprint density at radius 3 is 2.18 bits per heavy atom. The second-order valence-corrected chi connectivity index (χ2v) is 25.0. The molecule has 0 unspecified atom stereocenters. The summed E-state index contributed by atoms with van der Waals surface area (Å²) in [6, 6.07) is 13.5. The normalized spacial score (nSPS) is 16.9. The van der Waals surface area contributed by atoms with E-state index in [1.165, 1.54) is 27.6 Å². The Kier molecular flexibility index (Phi) is 22.4. The lowest BCUT2D eigenvalue weighted by Gasteiger charge is -2.35. The number of benzene rings is 1. The van der Waals surface area contributed by atoms with Crippen molar-refractivity contribution in [3.63, 3.8) is 0 Å². The summed E-state index contributed by atoms with van der Waals surface area (Å²) in [5.41, 5.74) is 5.96. The van der Waals surface area contributed by atoms with Crippen molar-refractivity contribution in [2.45, 2.75) is 104 Å². The van der Waals surface area contributed by atoms with Gasteiger partial charge in [-0.15, -0.1) is 21.5 Å². The van der Waals surface area contributed by atoms with E-state index in [4.69, 9.17) is 33.4 Å². The number of aromatic nitrogens is 6. The number of nitrogens with zero attached hydrogens (tertiary/aromatic N) is 10. The highest BCUT2D eigenvalue weighted by Gasteiger charge is 2.53. The van der Waals surface area contributed by atoms with Gasteiger partial charge in [0.2, 0.25) is 22.9 Å². The number of carbonyl (C=O) groups excluding carboxylic acids is 4. The van der Waals surface area contributed by atoms with E-state index in [1.807, 2.05) is 48.2 Å². The molecule has 472 valence electrons. The number of likely N-dealkylation sites (tertiary alicyclic amines) is 1. The van der Waals surface area contributed by atoms with E-state index in [0.717, 1.165) is 54.4 Å². The number of carbonyl (C=O) groups is 4. The Morgan fingerprint density at radius 1 is 0.864 bits per heavy atom. The lowest BCUT2D eigenvalue weighted by Crippen LogP contribution is -2.59. The van der Waals surface area contributed by atoms with Crippen molar-refractivity contribution in [3.8, 4) is 44.2 Å². The van der Waals surface area contributed by atoms with Crippen LogP contribution in [-0.4, -0.2) is 204 Å². The van der Waals surface area contributed by atoms with Gasteiger partial charge in [0, 0.05) is 69.2 Å². The fourth-order valence-corrected chi connectivity index (χ4v) is 11.9. The molecule has 3 fully saturated rings. The number of nitrogens with one attached hydrogen (secondary N) is 3. The van der Waals surface area contributed by atoms with Crippen molar-refractivity contribution in [1.82, 2.24) is 50.2 Å². The number of nitriles is 1. The number of hydrogen-bond acceptors (Lipinski definition) is 21. The van der Waals surface area contributed by atoms with Gasteiger partial charge in [-0.1, -0.05) is 44.2 Å². The fraction of sp³-hybridized carbons (Fsp3) is 0.541. The second-order valence-electron chi connectivity index (χ2n) is 23.2. The first kappa shape index (κ1) is 65.2. The van der Waals surface area contributed by atoms with Crippen LogP contribution in [-0.2, 0) is 49.4 Å². The van der Waals surface area contributed by atoms with Crippen molar-refractivity contribution in [3.05, 3.63) is 77.2 Å². The minimum atomic E-state index is -1.98. The molecule has 2 saturated heterocycles. The standard InChI is InChI=1S/C61H78FN13O11S2/c1-39(2)68-47-32-48(49-10-9-44-29-41(33-63)34-67-75(44)49)64-36-46(47)56-70-71-59(88-56)73-16-14-72(15-17-73)52(77)11-18-81-19-20-82-21-22-83-23-24-84-25-26-85-27-28-86-51-30-42(53-40(3)66-38-87-53)7-8-43(51)35-65-55(78)50-31-45(76)37-74(50)57(79)54(60(4,5)6)69-58(80)61(62)12-13-61/h7-10,29-30,32,34,36,38-39,45,50,54,76H,11-28,31,35,37H2,1-6H3,(H,64,68)(H,65,78)(H,69,80)/t45-,50+,54-/m1/s1. The molecule has 7 heterocycles. The number of thiazole rings is 1. The first-order valence-corrected chi connectivity index (χ1v) is 31.4. The highest BCUT2D eigenvalue weighted by Crippen LogP contribution is 2.41. The van der Waals surface area contributed by atoms with Crippen LogP contribution < -0.4 is 25.6 Å². The van der Waals surface area contributed by atoms with Crippen LogP contribution in [0.3, 0.4) is 0 Å². The quantitative estimate of drug-likeness (QED) is 0.0371. The Hall–Kier alpha value is -7.29. The van der Waals surface area contributed by atoms with Gasteiger partial charge in [-0.05, 0) is 74.9 Å². The SMILES string of the molecule is Cc1ncsc1-c1ccc(CNC(=O)[C@@H]2C[C@@H](O)CN2C(=O)[C@@H](NC(=O)C2(F)CC2)C(C)(C)C)c(OCCOCCOCCOCCOCCOCCC(=O)N2CCN(c3nnc(-c4cnc(-c5ccc6cc(C#N)cnn56)cc4NC(C)C)s3)CC2)c1. The average molecular weight is 1250 g/mol. The molecule has 2 aliphatic heterocycles. The fourth-order valence-electron chi connectivity index (χ4n) is 10.1. The predicted molar refractivity (Wildman–Crippen MR) is 329 cm³/mol. The number of ether oxygens (including phenoxy) is 6. The Morgan fingerprint density at radius 2 is 1.55 bits per heavy atom. The van der Waals surface area contributed by atoms with Crippen molar-refractivity contribution in [2.24, 2.45) is 5.41 Å². The number of rotatable bonds is 31. The Bertz CT molecular complexity index is 3390. The van der Waals surface area contributed by atoms with E-state index in [1.54, 1.807) is 49.3 Å². The van der Waals surface area contributed by atoms with Crippen LogP contribution in [0.1, 0.15) is 77.1 Å². The molecule has 4 amide bonds. The molecule has 0 spiro atoms. The van der Waals surface area contributed by atoms with E-state index >= 15 is 0 Å². The molecular formula is C61H78FN13O11S2. The van der Waals surface area contributed by atoms with E-state index in [2.05, 4.69) is 61.0 Å². The lowest BCUT2D eigenvalue weighted by atomic mass is 9.85. The second kappa shape index (κ2) is 30.3. The molecular weight excluding hydrogens is 1170 g/mol. The molecule has 9 rings (SSSR count). The highest BCUT2D eigenvalue weighted by atomic mass is 32.1. The number of alkyl halides is 1. The summed E-state index contributed by atoms with van der Waals surface area (Å²) in [4.78, 5) is 68.9. The number of β-amino-alcohol motifs (C(OH)–C–C–N with tert-alkyl or cyclic N) is 1. The zero-order valence-electron chi connectivity index (χ0n) is 50.6. The van der Waals surface area contributed by atoms with E-state index in [9.17, 15) is 33.9 Å². The number of pyridine rings is 1. The maximum atomic E-state index is 14.7. The molecule has 24 nitrogen and oxygen atoms in total. The number of anilines is 2. The molecule has 88 heavy (non-hydrogen) atoms. The summed E-state index contributed by atoms with van der Waals surface area (Å²) in [5.74, 6) is -1.31. The molecule has 1 aliphatic carbocycles. The smallest absolute Gasteiger partial charge is 0.258 e. The van der Waals surface area contributed by atoms with Crippen LogP contribution in [0, 0.1) is 23.7 Å². The zero-order valence-corrected chi connectivity index (χ0v) is 52.3. The molecule has 6 aromatic rings. The first-order valence-electron chi connectivity index (χ1n) is 29.7. The van der Waals surface area contributed by atoms with Gasteiger partial charge in [0.15, 0.2) is 10.7 Å². The molecule has 5 aromatic heterocycles. The minimum Gasteiger partial charge on any atom is -0.491 e. The van der Waals surface area contributed by atoms with Crippen molar-refractivity contribution < 1.29 is 57.1 Å². The van der Waals surface area contributed by atoms with Crippen LogP contribution in [0.25, 0.3) is 37.9 Å². The summed E-state index contributed by atoms with van der Waals surface area (Å²) in [6.07, 6.45) is 2.86. The number of aliphatic hydroxyl groups is 1. The number of halogens is 1. The van der Waals surface area contributed by atoms with Gasteiger partial charge >= 0.3 is 0 Å². The van der Waals surface area contributed by atoms with Gasteiger partial charge in [0.05, 0.1) is 129 Å². The largest absolute Gasteiger partial charge is 0.491 e. The Labute approximate surface area is 519 Å². The van der Waals surface area contributed by atoms with Crippen LogP contribution >= 0.6 is 22.7 Å². The number of fused-ring (bicyclic) bond motifs is 1. The third kappa shape index (κ3) is 17.1. The maximum Gasteiger partial charge on any atom is 0.258 e. The summed E-state index contributed by atoms with van der Waals surface area (Å²) >= 11 is 2.99. The van der Waals surface area contributed by atoms with Gasteiger partial charge in [0.25, 0.3) is 5.91 Å². The van der Waals surface area contributed by atoms with Crippen molar-refractivity contribution >= 4 is 62.6 Å². The van der Waals surface area contributed by atoms with E-state index in [-0.39, 0.29) is 63.9 Å². The van der Waals surface area contributed by atoms with Gasteiger partial charge in [-0.25, -0.2) is 13.9 Å². The molecule has 1 aromatic carbocycles. The maximum absolute atomic E-state index is 14.7. The molecule has 4 N–H and O–H groups in total. The zero-order chi connectivity index (χ0) is 62.4. The average Bonchev–Trinajstić information content (AvgIpc) is 2.34. The summed E-state index contributed by atoms with van der Waals surface area (Å²) in [5, 5.41) is 44.0. The number of amides is 4. The molecule has 3 aliphatic rings. The molecule has 0 bridgehead atoms. The summed E-state index contributed by atoms with van der Waals surface area (Å²) < 4.78 is 51.1. The number of aryl methyl sites for hydroxylation is 1. The van der Waals surface area contributed by atoms with Gasteiger partial charge < -0.3 is 64.2 Å². The van der Waals surface area contributed by atoms with Crippen LogP contribution in [0.4, 0.5) is 15.2 Å². The van der Waals surface area contributed by atoms with Crippen LogP contribution in [0.15, 0.2) is 60.4 Å². The molecule has 0 radical (unpaired) electrons. The van der Waals surface area contributed by atoms with E-state index < -0.39 is 47.0 Å². The van der Waals surface area contributed by atoms with Crippen molar-refractivity contribution in [2.75, 3.05) is 116 Å². The number of hydrogen-bond donors (Lipinski definition) is 4. The Balaban J connectivity index is 0.607. The molecule has 27 heteroatoms. The molecule has 1 saturated carbocycles. The van der Waals surface area contributed by atoms with Gasteiger partial charge in [0.1, 0.15) is 30.5 Å². The number of aliphatic hydroxyl groups excluding tert-OH is 1. The van der Waals surface area contributed by atoms with Crippen LogP contribution in [0.5, 0.6) is 5.75 Å². The highest BCUT2D eigenvalue weighted by molar-refractivity contribution is 7.18. The molecule has 3 atom stereocenters. The summed E-state index contributed by atoms with van der Waals surface area (Å²) in [7, 11) is 0. The first-order chi connectivity index (χ1) is 42.4. The number of piperazine rings is 1.